The van der Waals surface area contributed by atoms with Crippen molar-refractivity contribution in [3.05, 3.63) is 18.4 Å². The Labute approximate surface area is 76.4 Å². The van der Waals surface area contributed by atoms with Crippen molar-refractivity contribution in [1.29, 1.82) is 0 Å². The maximum Gasteiger partial charge on any atom is -0.00659 e. The van der Waals surface area contributed by atoms with Gasteiger partial charge in [-0.05, 0) is 36.2 Å². The quantitative estimate of drug-likeness (QED) is 0.515. The van der Waals surface area contributed by atoms with Gasteiger partial charge < -0.3 is 0 Å². The molecule has 1 atom stereocenters. The van der Waals surface area contributed by atoms with Crippen molar-refractivity contribution in [1.82, 2.24) is 0 Å². The second-order valence-electron chi connectivity index (χ2n) is 5.20. The fourth-order valence-electron chi connectivity index (χ4n) is 2.61. The van der Waals surface area contributed by atoms with Crippen LogP contribution < -0.4 is 0 Å². The highest BCUT2D eigenvalue weighted by Gasteiger charge is 2.34. The van der Waals surface area contributed by atoms with Gasteiger partial charge in [-0.3, -0.25) is 0 Å². The molecule has 0 radical (unpaired) electrons. The lowest BCUT2D eigenvalue weighted by atomic mass is 9.64. The van der Waals surface area contributed by atoms with Gasteiger partial charge in [-0.2, -0.15) is 0 Å². The summed E-state index contributed by atoms with van der Waals surface area (Å²) in [5, 5.41) is 0. The monoisotopic (exact) mass is 164 g/mol. The van der Waals surface area contributed by atoms with Gasteiger partial charge in [-0.25, -0.2) is 0 Å². The molecular formula is C12H20. The van der Waals surface area contributed by atoms with E-state index in [-0.39, 0.29) is 0 Å². The Morgan fingerprint density at radius 1 is 1.25 bits per heavy atom. The van der Waals surface area contributed by atoms with E-state index >= 15 is 0 Å². The Kier molecular flexibility index (Phi) is 2.49. The van der Waals surface area contributed by atoms with E-state index in [0.29, 0.717) is 10.8 Å². The number of hydrogen-bond acceptors (Lipinski definition) is 0. The molecule has 0 aliphatic heterocycles. The van der Waals surface area contributed by atoms with Crippen LogP contribution in [0.15, 0.2) is 18.4 Å². The van der Waals surface area contributed by atoms with E-state index in [2.05, 4.69) is 39.2 Å². The molecule has 0 N–H and O–H groups in total. The maximum absolute atomic E-state index is 3.67. The van der Waals surface area contributed by atoms with Crippen molar-refractivity contribution in [3.8, 4) is 0 Å². The Balaban J connectivity index is 2.74. The molecule has 1 aliphatic carbocycles. The van der Waals surface area contributed by atoms with Crippen LogP contribution in [-0.2, 0) is 0 Å². The van der Waals surface area contributed by atoms with Crippen LogP contribution in [0.25, 0.3) is 0 Å². The Morgan fingerprint density at radius 3 is 2.42 bits per heavy atom. The molecule has 0 heterocycles. The maximum atomic E-state index is 3.67. The van der Waals surface area contributed by atoms with Crippen LogP contribution in [-0.4, -0.2) is 0 Å². The third-order valence-corrected chi connectivity index (χ3v) is 2.93. The molecule has 1 saturated carbocycles. The minimum Gasteiger partial charge on any atom is -0.132 e. The van der Waals surface area contributed by atoms with Crippen molar-refractivity contribution >= 4 is 0 Å². The standard InChI is InChI=1S/C12H20/c1-5-7-12(4)9-6-8-11(2,3)10-12/h7H,1,6,8-10H2,2-4H3. The average Bonchev–Trinajstić information content (AvgIpc) is 1.83. The molecule has 1 unspecified atom stereocenters. The smallest absolute Gasteiger partial charge is 0.00659 e. The summed E-state index contributed by atoms with van der Waals surface area (Å²) in [6, 6.07) is 0. The molecule has 0 aromatic carbocycles. The highest BCUT2D eigenvalue weighted by Crippen LogP contribution is 2.46. The zero-order chi connectivity index (χ0) is 9.24. The summed E-state index contributed by atoms with van der Waals surface area (Å²) in [7, 11) is 0. The van der Waals surface area contributed by atoms with Gasteiger partial charge >= 0.3 is 0 Å². The summed E-state index contributed by atoms with van der Waals surface area (Å²) < 4.78 is 0. The number of rotatable bonds is 1. The zero-order valence-electron chi connectivity index (χ0n) is 8.61. The first-order chi connectivity index (χ1) is 5.47. The van der Waals surface area contributed by atoms with Crippen molar-refractivity contribution in [2.45, 2.75) is 46.5 Å². The summed E-state index contributed by atoms with van der Waals surface area (Å²) in [6.07, 6.45) is 7.46. The van der Waals surface area contributed by atoms with Crippen LogP contribution in [0.4, 0.5) is 0 Å². The largest absolute Gasteiger partial charge is 0.132 e. The van der Waals surface area contributed by atoms with E-state index in [1.807, 2.05) is 0 Å². The predicted octanol–water partition coefficient (Wildman–Crippen LogP) is 3.93. The van der Waals surface area contributed by atoms with Gasteiger partial charge in [-0.1, -0.05) is 33.8 Å². The molecule has 1 aliphatic rings. The molecule has 0 saturated heterocycles. The number of allylic oxidation sites excluding steroid dienone is 1. The normalized spacial score (nSPS) is 33.9. The second kappa shape index (κ2) is 3.11. The minimum atomic E-state index is 0.365. The first-order valence-corrected chi connectivity index (χ1v) is 4.85. The molecule has 0 aromatic rings. The lowest BCUT2D eigenvalue weighted by Crippen LogP contribution is -2.29. The predicted molar refractivity (Wildman–Crippen MR) is 54.1 cm³/mol. The van der Waals surface area contributed by atoms with Gasteiger partial charge in [0.25, 0.3) is 0 Å². The Morgan fingerprint density at radius 2 is 1.92 bits per heavy atom. The topological polar surface area (TPSA) is 0 Å². The molecule has 0 heteroatoms. The molecule has 0 amide bonds. The third-order valence-electron chi connectivity index (χ3n) is 2.93. The lowest BCUT2D eigenvalue weighted by Gasteiger charge is -2.40. The molecule has 0 bridgehead atoms. The van der Waals surface area contributed by atoms with Gasteiger partial charge in [0.05, 0.1) is 0 Å². The van der Waals surface area contributed by atoms with E-state index < -0.39 is 0 Å². The molecule has 0 nitrogen and oxygen atoms in total. The van der Waals surface area contributed by atoms with Crippen molar-refractivity contribution in [2.75, 3.05) is 0 Å². The molecule has 0 spiro atoms. The SMILES string of the molecule is C=C=CC1(C)CCCC(C)(C)C1. The second-order valence-corrected chi connectivity index (χ2v) is 5.20. The van der Waals surface area contributed by atoms with E-state index in [1.165, 1.54) is 25.7 Å². The van der Waals surface area contributed by atoms with E-state index in [9.17, 15) is 0 Å². The molecule has 68 valence electrons. The summed E-state index contributed by atoms with van der Waals surface area (Å²) in [5.41, 5.74) is 3.82. The van der Waals surface area contributed by atoms with Crippen LogP contribution in [0.2, 0.25) is 0 Å². The Bertz CT molecular complexity index is 206. The molecule has 0 aromatic heterocycles. The van der Waals surface area contributed by atoms with Gasteiger partial charge in [0, 0.05) is 0 Å². The fourth-order valence-corrected chi connectivity index (χ4v) is 2.61. The van der Waals surface area contributed by atoms with E-state index in [4.69, 9.17) is 0 Å². The molecule has 1 rings (SSSR count). The first kappa shape index (κ1) is 9.61. The first-order valence-electron chi connectivity index (χ1n) is 4.85. The third kappa shape index (κ3) is 2.25. The minimum absolute atomic E-state index is 0.365. The summed E-state index contributed by atoms with van der Waals surface area (Å²) in [5.74, 6) is 0. The lowest BCUT2D eigenvalue weighted by molar-refractivity contribution is 0.139. The van der Waals surface area contributed by atoms with Gasteiger partial charge in [0.2, 0.25) is 0 Å². The van der Waals surface area contributed by atoms with Crippen LogP contribution in [0.1, 0.15) is 46.5 Å². The van der Waals surface area contributed by atoms with Gasteiger partial charge in [0.15, 0.2) is 0 Å². The summed E-state index contributed by atoms with van der Waals surface area (Å²) in [4.78, 5) is 0. The van der Waals surface area contributed by atoms with Crippen LogP contribution in [0, 0.1) is 10.8 Å². The zero-order valence-corrected chi connectivity index (χ0v) is 8.61. The van der Waals surface area contributed by atoms with Crippen molar-refractivity contribution in [2.24, 2.45) is 10.8 Å². The van der Waals surface area contributed by atoms with Crippen LogP contribution in [0.3, 0.4) is 0 Å². The van der Waals surface area contributed by atoms with E-state index in [0.717, 1.165) is 0 Å². The van der Waals surface area contributed by atoms with Crippen LogP contribution >= 0.6 is 0 Å². The molecular weight excluding hydrogens is 144 g/mol. The summed E-state index contributed by atoms with van der Waals surface area (Å²) >= 11 is 0. The molecule has 12 heavy (non-hydrogen) atoms. The average molecular weight is 164 g/mol. The highest BCUT2D eigenvalue weighted by molar-refractivity contribution is 5.00. The highest BCUT2D eigenvalue weighted by atomic mass is 14.4. The van der Waals surface area contributed by atoms with Gasteiger partial charge in [-0.15, -0.1) is 5.73 Å². The fraction of sp³-hybridized carbons (Fsp3) is 0.750. The van der Waals surface area contributed by atoms with Crippen LogP contribution in [0.5, 0.6) is 0 Å². The number of hydrogen-bond donors (Lipinski definition) is 0. The summed E-state index contributed by atoms with van der Waals surface area (Å²) in [6.45, 7) is 10.7. The van der Waals surface area contributed by atoms with Crippen molar-refractivity contribution in [3.63, 3.8) is 0 Å². The Hall–Kier alpha value is -0.480. The van der Waals surface area contributed by atoms with Crippen molar-refractivity contribution < 1.29 is 0 Å². The van der Waals surface area contributed by atoms with Gasteiger partial charge in [0.1, 0.15) is 0 Å². The molecule has 1 fully saturated rings. The van der Waals surface area contributed by atoms with E-state index in [1.54, 1.807) is 0 Å².